The summed E-state index contributed by atoms with van der Waals surface area (Å²) in [4.78, 5) is 0. The Balaban J connectivity index is 2.65. The Morgan fingerprint density at radius 3 is 1.20 bits per heavy atom. The van der Waals surface area contributed by atoms with Gasteiger partial charge in [-0.25, -0.2) is 0 Å². The predicted molar refractivity (Wildman–Crippen MR) is 67.5 cm³/mol. The summed E-state index contributed by atoms with van der Waals surface area (Å²) < 4.78 is 70.8. The van der Waals surface area contributed by atoms with Gasteiger partial charge >= 0.3 is 11.0 Å². The third kappa shape index (κ3) is 7.93. The van der Waals surface area contributed by atoms with Crippen LogP contribution in [0, 0.1) is 22.3 Å². The smallest absolute Gasteiger partial charge is 0.160 e. The van der Waals surface area contributed by atoms with Crippen molar-refractivity contribution in [2.75, 3.05) is 0 Å². The molecule has 0 spiro atoms. The molecule has 0 bridgehead atoms. The molecule has 0 N–H and O–H groups in total. The van der Waals surface area contributed by atoms with E-state index in [1.807, 2.05) is 10.5 Å². The summed E-state index contributed by atoms with van der Waals surface area (Å²) in [5.41, 5.74) is -8.22. The monoisotopic (exact) mass is 326 g/mol. The van der Waals surface area contributed by atoms with Gasteiger partial charge in [-0.1, -0.05) is 11.8 Å². The van der Waals surface area contributed by atoms with Gasteiger partial charge in [0.1, 0.15) is 0 Å². The fraction of sp³-hybridized carbons (Fsp3) is 0.167. The number of thioether (sulfide) groups is 2. The Labute approximate surface area is 119 Å². The first-order chi connectivity index (χ1) is 9.16. The molecule has 0 radical (unpaired) electrons. The highest BCUT2D eigenvalue weighted by atomic mass is 32.2. The van der Waals surface area contributed by atoms with Crippen molar-refractivity contribution >= 4 is 23.5 Å². The molecule has 0 saturated heterocycles. The maximum absolute atomic E-state index is 11.8. The number of hydrogen-bond acceptors (Lipinski definition) is 2. The van der Waals surface area contributed by atoms with E-state index in [2.05, 4.69) is 11.8 Å². The number of rotatable bonds is 0. The van der Waals surface area contributed by atoms with E-state index in [1.165, 1.54) is 24.3 Å². The molecule has 0 aliphatic carbocycles. The summed E-state index contributed by atoms with van der Waals surface area (Å²) in [6.45, 7) is 0. The fourth-order valence-corrected chi connectivity index (χ4v) is 1.49. The molecule has 8 heteroatoms. The van der Waals surface area contributed by atoms with Crippen LogP contribution in [-0.2, 0) is 0 Å². The van der Waals surface area contributed by atoms with Crippen molar-refractivity contribution in [2.24, 2.45) is 0 Å². The van der Waals surface area contributed by atoms with Crippen molar-refractivity contribution in [1.29, 1.82) is 0 Å². The van der Waals surface area contributed by atoms with Gasteiger partial charge in [-0.3, -0.25) is 0 Å². The Bertz CT molecular complexity index is 510. The third-order valence-corrected chi connectivity index (χ3v) is 2.48. The van der Waals surface area contributed by atoms with Crippen molar-refractivity contribution in [3.63, 3.8) is 0 Å². The van der Waals surface area contributed by atoms with Crippen LogP contribution in [-0.4, -0.2) is 11.0 Å². The normalized spacial score (nSPS) is 11.1. The zero-order valence-corrected chi connectivity index (χ0v) is 11.0. The molecular formula is C12H4F6S2. The SMILES string of the molecule is FC(F)(F)SC#Cc1ccc(C#CSC(F)(F)F)cc1. The average Bonchev–Trinajstić information content (AvgIpc) is 2.28. The van der Waals surface area contributed by atoms with Gasteiger partial charge in [0.15, 0.2) is 0 Å². The molecule has 0 heterocycles. The Morgan fingerprint density at radius 1 is 0.650 bits per heavy atom. The Hall–Kier alpha value is -1.38. The molecule has 0 atom stereocenters. The molecule has 0 saturated carbocycles. The van der Waals surface area contributed by atoms with Crippen molar-refractivity contribution in [3.8, 4) is 22.3 Å². The van der Waals surface area contributed by atoms with Gasteiger partial charge in [0, 0.05) is 34.7 Å². The Morgan fingerprint density at radius 2 is 0.950 bits per heavy atom. The molecule has 1 aromatic rings. The molecule has 0 fully saturated rings. The molecule has 20 heavy (non-hydrogen) atoms. The average molecular weight is 326 g/mol. The maximum Gasteiger partial charge on any atom is 0.453 e. The second kappa shape index (κ2) is 6.87. The van der Waals surface area contributed by atoms with Crippen LogP contribution in [0.5, 0.6) is 0 Å². The highest BCUT2D eigenvalue weighted by molar-refractivity contribution is 8.04. The zero-order valence-electron chi connectivity index (χ0n) is 9.39. The van der Waals surface area contributed by atoms with E-state index in [1.54, 1.807) is 0 Å². The molecule has 0 amide bonds. The van der Waals surface area contributed by atoms with Crippen molar-refractivity contribution in [1.82, 2.24) is 0 Å². The second-order valence-electron chi connectivity index (χ2n) is 3.13. The highest BCUT2D eigenvalue weighted by Gasteiger charge is 2.27. The second-order valence-corrected chi connectivity index (χ2v) is 4.87. The summed E-state index contributed by atoms with van der Waals surface area (Å²) in [6, 6.07) is 5.52. The lowest BCUT2D eigenvalue weighted by Gasteiger charge is -1.97. The molecule has 0 aromatic heterocycles. The van der Waals surface area contributed by atoms with Crippen molar-refractivity contribution in [3.05, 3.63) is 35.4 Å². The van der Waals surface area contributed by atoms with Crippen LogP contribution in [0.1, 0.15) is 11.1 Å². The predicted octanol–water partition coefficient (Wildman–Crippen LogP) is 4.81. The van der Waals surface area contributed by atoms with Gasteiger partial charge in [0.2, 0.25) is 0 Å². The van der Waals surface area contributed by atoms with Crippen molar-refractivity contribution in [2.45, 2.75) is 11.0 Å². The van der Waals surface area contributed by atoms with Crippen LogP contribution in [0.2, 0.25) is 0 Å². The van der Waals surface area contributed by atoms with E-state index in [-0.39, 0.29) is 0 Å². The quantitative estimate of drug-likeness (QED) is 0.496. The minimum Gasteiger partial charge on any atom is -0.160 e. The van der Waals surface area contributed by atoms with Crippen LogP contribution < -0.4 is 0 Å². The van der Waals surface area contributed by atoms with Crippen LogP contribution in [0.3, 0.4) is 0 Å². The van der Waals surface area contributed by atoms with E-state index >= 15 is 0 Å². The number of hydrogen-bond donors (Lipinski definition) is 0. The minimum atomic E-state index is -4.42. The van der Waals surface area contributed by atoms with Gasteiger partial charge in [-0.05, 0) is 34.8 Å². The van der Waals surface area contributed by atoms with E-state index in [0.717, 1.165) is 0 Å². The zero-order chi connectivity index (χ0) is 15.2. The van der Waals surface area contributed by atoms with E-state index < -0.39 is 34.5 Å². The largest absolute Gasteiger partial charge is 0.453 e. The molecular weight excluding hydrogens is 322 g/mol. The summed E-state index contributed by atoms with van der Waals surface area (Å²) in [5.74, 6) is 4.54. The van der Waals surface area contributed by atoms with E-state index in [9.17, 15) is 26.3 Å². The molecule has 0 aliphatic rings. The molecule has 106 valence electrons. The molecule has 0 nitrogen and oxygen atoms in total. The summed E-state index contributed by atoms with van der Waals surface area (Å²) in [5, 5.41) is 3.75. The Kier molecular flexibility index (Phi) is 5.73. The van der Waals surface area contributed by atoms with Gasteiger partial charge in [-0.2, -0.15) is 26.3 Å². The third-order valence-electron chi connectivity index (χ3n) is 1.61. The lowest BCUT2D eigenvalue weighted by atomic mass is 10.1. The summed E-state index contributed by atoms with van der Waals surface area (Å²) in [7, 11) is 0. The molecule has 1 aromatic carbocycles. The fourth-order valence-electron chi connectivity index (χ4n) is 0.922. The van der Waals surface area contributed by atoms with Crippen LogP contribution in [0.15, 0.2) is 24.3 Å². The van der Waals surface area contributed by atoms with Gasteiger partial charge in [-0.15, -0.1) is 0 Å². The lowest BCUT2D eigenvalue weighted by molar-refractivity contribution is -0.0327. The highest BCUT2D eigenvalue weighted by Crippen LogP contribution is 2.29. The minimum absolute atomic E-state index is 0.316. The topological polar surface area (TPSA) is 0 Å². The van der Waals surface area contributed by atoms with Crippen LogP contribution in [0.25, 0.3) is 0 Å². The van der Waals surface area contributed by atoms with Crippen LogP contribution >= 0.6 is 23.5 Å². The van der Waals surface area contributed by atoms with E-state index in [0.29, 0.717) is 11.1 Å². The van der Waals surface area contributed by atoms with Gasteiger partial charge in [0.05, 0.1) is 0 Å². The first-order valence-electron chi connectivity index (χ1n) is 4.77. The maximum atomic E-state index is 11.8. The van der Waals surface area contributed by atoms with Crippen molar-refractivity contribution < 1.29 is 26.3 Å². The first-order valence-corrected chi connectivity index (χ1v) is 6.40. The van der Waals surface area contributed by atoms with Gasteiger partial charge < -0.3 is 0 Å². The molecule has 0 aliphatic heterocycles. The summed E-state index contributed by atoms with van der Waals surface area (Å²) >= 11 is -0.936. The first kappa shape index (κ1) is 16.7. The van der Waals surface area contributed by atoms with Gasteiger partial charge in [0.25, 0.3) is 0 Å². The molecule has 1 rings (SSSR count). The number of benzene rings is 1. The van der Waals surface area contributed by atoms with Crippen LogP contribution in [0.4, 0.5) is 26.3 Å². The lowest BCUT2D eigenvalue weighted by Crippen LogP contribution is -1.96. The number of halogens is 6. The van der Waals surface area contributed by atoms with E-state index in [4.69, 9.17) is 0 Å². The number of alkyl halides is 6. The summed E-state index contributed by atoms with van der Waals surface area (Å²) in [6.07, 6.45) is 0. The standard InChI is InChI=1S/C12H4F6S2/c13-11(14,15)19-7-5-9-1-2-10(4-3-9)6-8-20-12(16,17)18/h1-4H. The molecule has 0 unspecified atom stereocenters.